The number of carbonyl (C=O) groups excluding carboxylic acids is 3. The number of imide groups is 1. The Morgan fingerprint density at radius 3 is 2.56 bits per heavy atom. The van der Waals surface area contributed by atoms with Crippen LogP contribution in [0, 0.1) is 11.8 Å². The lowest BCUT2D eigenvalue weighted by atomic mass is 9.81. The number of nitrogens with zero attached hydrogens (tertiary/aromatic N) is 4. The minimum absolute atomic E-state index is 0.00308. The summed E-state index contributed by atoms with van der Waals surface area (Å²) in [6, 6.07) is 5.55. The number of aromatic nitrogens is 2. The molecular formula is C27H36N6O3. The zero-order valence-corrected chi connectivity index (χ0v) is 21.1. The molecule has 2 fully saturated rings. The van der Waals surface area contributed by atoms with E-state index in [-0.39, 0.29) is 17.9 Å². The monoisotopic (exact) mass is 492 g/mol. The maximum absolute atomic E-state index is 13.7. The van der Waals surface area contributed by atoms with Gasteiger partial charge in [-0.05, 0) is 61.4 Å². The fraction of sp³-hybridized carbons (Fsp3) is 0.519. The van der Waals surface area contributed by atoms with Crippen LogP contribution < -0.4 is 16.0 Å². The Labute approximate surface area is 212 Å². The largest absolute Gasteiger partial charge is 0.384 e. The van der Waals surface area contributed by atoms with E-state index in [9.17, 15) is 14.4 Å². The van der Waals surface area contributed by atoms with Crippen molar-refractivity contribution in [3.8, 4) is 0 Å². The van der Waals surface area contributed by atoms with Crippen molar-refractivity contribution in [1.29, 1.82) is 0 Å². The van der Waals surface area contributed by atoms with Gasteiger partial charge in [0.05, 0.1) is 5.92 Å². The first kappa shape index (κ1) is 25.6. The third-order valence-electron chi connectivity index (χ3n) is 7.49. The molecule has 192 valence electrons. The maximum Gasteiger partial charge on any atom is 0.325 e. The van der Waals surface area contributed by atoms with E-state index < -0.39 is 18.0 Å². The molecule has 3 atom stereocenters. The predicted octanol–water partition coefficient (Wildman–Crippen LogP) is 3.55. The van der Waals surface area contributed by atoms with Gasteiger partial charge in [0, 0.05) is 37.4 Å². The van der Waals surface area contributed by atoms with Crippen molar-refractivity contribution in [1.82, 2.24) is 20.2 Å². The quantitative estimate of drug-likeness (QED) is 0.544. The predicted molar refractivity (Wildman–Crippen MR) is 138 cm³/mol. The van der Waals surface area contributed by atoms with Crippen LogP contribution in [-0.2, 0) is 16.0 Å². The summed E-state index contributed by atoms with van der Waals surface area (Å²) in [5.74, 6) is -0.562. The normalized spacial score (nSPS) is 20.9. The van der Waals surface area contributed by atoms with Crippen molar-refractivity contribution in [2.75, 3.05) is 17.7 Å². The molecule has 1 aliphatic heterocycles. The Morgan fingerprint density at radius 1 is 1.17 bits per heavy atom. The van der Waals surface area contributed by atoms with Crippen molar-refractivity contribution < 1.29 is 14.4 Å². The highest BCUT2D eigenvalue weighted by atomic mass is 16.2. The lowest BCUT2D eigenvalue weighted by molar-refractivity contribution is -0.156. The van der Waals surface area contributed by atoms with E-state index >= 15 is 0 Å². The summed E-state index contributed by atoms with van der Waals surface area (Å²) < 4.78 is 0. The van der Waals surface area contributed by atoms with Crippen molar-refractivity contribution >= 4 is 29.4 Å². The number of anilines is 2. The number of rotatable bonds is 8. The molecular weight excluding hydrogens is 456 g/mol. The second kappa shape index (κ2) is 11.5. The first-order valence-electron chi connectivity index (χ1n) is 12.9. The molecule has 2 aromatic heterocycles. The molecule has 3 heterocycles. The Kier molecular flexibility index (Phi) is 8.18. The number of urea groups is 1. The van der Waals surface area contributed by atoms with E-state index in [0.717, 1.165) is 36.1 Å². The Bertz CT molecular complexity index is 1070. The van der Waals surface area contributed by atoms with Crippen LogP contribution in [0.3, 0.4) is 0 Å². The van der Waals surface area contributed by atoms with Gasteiger partial charge in [-0.3, -0.25) is 19.5 Å². The molecule has 2 aliphatic rings. The van der Waals surface area contributed by atoms with Crippen LogP contribution in [0.15, 0.2) is 42.9 Å². The van der Waals surface area contributed by atoms with Crippen LogP contribution in [0.1, 0.15) is 57.4 Å². The van der Waals surface area contributed by atoms with Crippen LogP contribution >= 0.6 is 0 Å². The van der Waals surface area contributed by atoms with Gasteiger partial charge in [-0.1, -0.05) is 32.6 Å². The van der Waals surface area contributed by atoms with Gasteiger partial charge >= 0.3 is 6.03 Å². The SMILES string of the molecule is CCC[C@@H](NC(=O)N1C(=O)[C@H](Cc2ccnc(N)c2)[C@H]1C(=O)N(C)c1ccncc1)C1CCCCC1. The van der Waals surface area contributed by atoms with Crippen LogP contribution in [-0.4, -0.2) is 51.8 Å². The van der Waals surface area contributed by atoms with E-state index in [2.05, 4.69) is 22.2 Å². The van der Waals surface area contributed by atoms with Crippen molar-refractivity contribution in [2.24, 2.45) is 11.8 Å². The molecule has 1 aliphatic carbocycles. The maximum atomic E-state index is 13.7. The topological polar surface area (TPSA) is 122 Å². The van der Waals surface area contributed by atoms with Gasteiger partial charge < -0.3 is 16.0 Å². The van der Waals surface area contributed by atoms with E-state index in [1.165, 1.54) is 24.2 Å². The minimum atomic E-state index is -0.904. The fourth-order valence-electron chi connectivity index (χ4n) is 5.53. The smallest absolute Gasteiger partial charge is 0.325 e. The summed E-state index contributed by atoms with van der Waals surface area (Å²) in [5.41, 5.74) is 7.27. The average Bonchev–Trinajstić information content (AvgIpc) is 2.90. The lowest BCUT2D eigenvalue weighted by Crippen LogP contribution is -2.71. The summed E-state index contributed by atoms with van der Waals surface area (Å²) >= 11 is 0. The van der Waals surface area contributed by atoms with E-state index in [1.807, 2.05) is 0 Å². The van der Waals surface area contributed by atoms with Gasteiger partial charge in [0.2, 0.25) is 5.91 Å². The van der Waals surface area contributed by atoms with Crippen molar-refractivity contribution in [3.63, 3.8) is 0 Å². The van der Waals surface area contributed by atoms with Gasteiger partial charge in [-0.2, -0.15) is 0 Å². The van der Waals surface area contributed by atoms with E-state index in [1.54, 1.807) is 49.9 Å². The zero-order chi connectivity index (χ0) is 25.7. The number of nitrogens with one attached hydrogen (secondary N) is 1. The number of likely N-dealkylation sites (tertiary alicyclic amines) is 1. The highest BCUT2D eigenvalue weighted by molar-refractivity contribution is 6.12. The lowest BCUT2D eigenvalue weighted by Gasteiger charge is -2.46. The molecule has 2 aromatic rings. The first-order chi connectivity index (χ1) is 17.4. The minimum Gasteiger partial charge on any atom is -0.384 e. The molecule has 0 bridgehead atoms. The van der Waals surface area contributed by atoms with E-state index in [0.29, 0.717) is 23.8 Å². The number of amides is 4. The third-order valence-corrected chi connectivity index (χ3v) is 7.49. The third kappa shape index (κ3) is 5.50. The fourth-order valence-corrected chi connectivity index (χ4v) is 5.53. The summed E-state index contributed by atoms with van der Waals surface area (Å²) in [6.07, 6.45) is 12.6. The highest BCUT2D eigenvalue weighted by Crippen LogP contribution is 2.34. The number of hydrogen-bond acceptors (Lipinski definition) is 6. The Morgan fingerprint density at radius 2 is 1.89 bits per heavy atom. The highest BCUT2D eigenvalue weighted by Gasteiger charge is 2.55. The average molecular weight is 493 g/mol. The van der Waals surface area contributed by atoms with Crippen LogP contribution in [0.25, 0.3) is 0 Å². The summed E-state index contributed by atoms with van der Waals surface area (Å²) in [5, 5.41) is 3.13. The number of hydrogen-bond donors (Lipinski definition) is 2. The molecule has 9 heteroatoms. The van der Waals surface area contributed by atoms with Gasteiger partial charge in [-0.25, -0.2) is 9.78 Å². The molecule has 3 N–H and O–H groups in total. The molecule has 1 saturated carbocycles. The number of carbonyl (C=O) groups is 3. The first-order valence-corrected chi connectivity index (χ1v) is 12.9. The second-order valence-electron chi connectivity index (χ2n) is 9.90. The standard InChI is InChI=1S/C27H36N6O3/c1-3-7-22(19-8-5-4-6-9-19)31-27(36)33-24(26(35)32(2)20-11-13-29-14-12-20)21(25(33)34)16-18-10-15-30-23(28)17-18/h10-15,17,19,21-22,24H,3-9,16H2,1-2H3,(H2,28,30)(H,31,36)/t21-,22-,24+/m1/s1. The molecule has 0 radical (unpaired) electrons. The molecule has 0 unspecified atom stereocenters. The molecule has 0 aromatic carbocycles. The molecule has 4 rings (SSSR count). The number of β-lactam (4-membered cyclic amide) rings is 1. The van der Waals surface area contributed by atoms with Crippen LogP contribution in [0.5, 0.6) is 0 Å². The van der Waals surface area contributed by atoms with Gasteiger partial charge in [0.25, 0.3) is 5.91 Å². The number of nitrogens with two attached hydrogens (primary N) is 1. The number of nitrogen functional groups attached to an aromatic ring is 1. The van der Waals surface area contributed by atoms with Crippen LogP contribution in [0.4, 0.5) is 16.3 Å². The summed E-state index contributed by atoms with van der Waals surface area (Å²) in [4.78, 5) is 51.1. The molecule has 4 amide bonds. The second-order valence-corrected chi connectivity index (χ2v) is 9.90. The molecule has 9 nitrogen and oxygen atoms in total. The molecule has 1 saturated heterocycles. The van der Waals surface area contributed by atoms with E-state index in [4.69, 9.17) is 5.73 Å². The Balaban J connectivity index is 1.56. The summed E-state index contributed by atoms with van der Waals surface area (Å²) in [6.45, 7) is 2.10. The zero-order valence-electron chi connectivity index (χ0n) is 21.1. The molecule has 36 heavy (non-hydrogen) atoms. The van der Waals surface area contributed by atoms with Gasteiger partial charge in [-0.15, -0.1) is 0 Å². The molecule has 0 spiro atoms. The number of likely N-dealkylation sites (N-methyl/N-ethyl adjacent to an activating group) is 1. The van der Waals surface area contributed by atoms with Crippen molar-refractivity contribution in [3.05, 3.63) is 48.4 Å². The Hall–Kier alpha value is -3.49. The summed E-state index contributed by atoms with van der Waals surface area (Å²) in [7, 11) is 1.65. The number of pyridine rings is 2. The van der Waals surface area contributed by atoms with Gasteiger partial charge in [0.15, 0.2) is 0 Å². The van der Waals surface area contributed by atoms with Crippen molar-refractivity contribution in [2.45, 2.75) is 70.4 Å². The van der Waals surface area contributed by atoms with Gasteiger partial charge in [0.1, 0.15) is 11.9 Å². The van der Waals surface area contributed by atoms with Crippen LogP contribution in [0.2, 0.25) is 0 Å².